The summed E-state index contributed by atoms with van der Waals surface area (Å²) in [5, 5.41) is 3.50. The molecule has 0 radical (unpaired) electrons. The topological polar surface area (TPSA) is 84.9 Å². The van der Waals surface area contributed by atoms with E-state index in [-0.39, 0.29) is 25.5 Å². The minimum absolute atomic E-state index is 0.0794. The van der Waals surface area contributed by atoms with Crippen molar-refractivity contribution in [1.29, 1.82) is 0 Å². The molecule has 0 spiro atoms. The highest BCUT2D eigenvalue weighted by atomic mass is 16.7. The molecule has 1 aromatic rings. The average molecular weight is 332 g/mol. The highest BCUT2D eigenvalue weighted by Gasteiger charge is 2.27. The Labute approximate surface area is 140 Å². The lowest BCUT2D eigenvalue weighted by atomic mass is 10.2. The van der Waals surface area contributed by atoms with Crippen LogP contribution >= 0.6 is 0 Å². The van der Waals surface area contributed by atoms with Crippen molar-refractivity contribution in [3.8, 4) is 0 Å². The zero-order valence-electron chi connectivity index (χ0n) is 13.3. The van der Waals surface area contributed by atoms with E-state index >= 15 is 0 Å². The minimum Gasteiger partial charge on any atom is -0.445 e. The summed E-state index contributed by atoms with van der Waals surface area (Å²) >= 11 is 0. The van der Waals surface area contributed by atoms with Crippen molar-refractivity contribution in [2.75, 3.05) is 6.54 Å². The number of carbonyl (C=O) groups is 3. The Balaban J connectivity index is 1.57. The zero-order valence-corrected chi connectivity index (χ0v) is 13.3. The molecule has 1 fully saturated rings. The summed E-state index contributed by atoms with van der Waals surface area (Å²) in [6.45, 7) is 4.12. The summed E-state index contributed by atoms with van der Waals surface area (Å²) in [7, 11) is 0. The predicted octanol–water partition coefficient (Wildman–Crippen LogP) is 2.29. The second-order valence-electron chi connectivity index (χ2n) is 5.31. The van der Waals surface area contributed by atoms with E-state index in [1.807, 2.05) is 30.3 Å². The molecule has 0 unspecified atom stereocenters. The molecule has 0 saturated carbocycles. The van der Waals surface area contributed by atoms with E-state index in [4.69, 9.17) is 9.57 Å². The van der Waals surface area contributed by atoms with Crippen molar-refractivity contribution >= 4 is 18.0 Å². The summed E-state index contributed by atoms with van der Waals surface area (Å²) in [5.41, 5.74) is 1.38. The first-order chi connectivity index (χ1) is 11.6. The molecule has 128 valence electrons. The lowest BCUT2D eigenvalue weighted by molar-refractivity contribution is -0.186. The first-order valence-corrected chi connectivity index (χ1v) is 7.72. The lowest BCUT2D eigenvalue weighted by Crippen LogP contribution is -2.28. The summed E-state index contributed by atoms with van der Waals surface area (Å²) < 4.78 is 5.04. The van der Waals surface area contributed by atoms with Crippen LogP contribution in [-0.4, -0.2) is 29.6 Å². The van der Waals surface area contributed by atoms with Crippen LogP contribution in [0.5, 0.6) is 0 Å². The van der Waals surface area contributed by atoms with Gasteiger partial charge in [0.25, 0.3) is 5.91 Å². The van der Waals surface area contributed by atoms with Gasteiger partial charge in [-0.2, -0.15) is 0 Å². The molecule has 1 N–H and O–H groups in total. The van der Waals surface area contributed by atoms with Gasteiger partial charge in [0.05, 0.1) is 5.70 Å². The number of carbonyl (C=O) groups excluding carboxylic acids is 3. The summed E-state index contributed by atoms with van der Waals surface area (Å²) in [6.07, 6.45) is 0.723. The number of hydrogen-bond acceptors (Lipinski definition) is 5. The number of amides is 2. The van der Waals surface area contributed by atoms with E-state index in [9.17, 15) is 14.4 Å². The van der Waals surface area contributed by atoms with Crippen LogP contribution in [0.1, 0.15) is 31.2 Å². The number of ether oxygens (including phenoxy) is 1. The van der Waals surface area contributed by atoms with Gasteiger partial charge in [-0.05, 0) is 18.4 Å². The fourth-order valence-corrected chi connectivity index (χ4v) is 2.09. The van der Waals surface area contributed by atoms with Crippen LogP contribution in [0.15, 0.2) is 42.6 Å². The highest BCUT2D eigenvalue weighted by molar-refractivity contribution is 5.82. The molecule has 1 saturated heterocycles. The monoisotopic (exact) mass is 332 g/mol. The second-order valence-corrected chi connectivity index (χ2v) is 5.31. The maximum atomic E-state index is 11.6. The third kappa shape index (κ3) is 5.42. The number of benzene rings is 1. The molecule has 7 nitrogen and oxygen atoms in total. The Morgan fingerprint density at radius 2 is 1.96 bits per heavy atom. The fourth-order valence-electron chi connectivity index (χ4n) is 2.09. The van der Waals surface area contributed by atoms with Gasteiger partial charge in [0.15, 0.2) is 0 Å². The molecule has 0 aromatic heterocycles. The van der Waals surface area contributed by atoms with Gasteiger partial charge in [-0.3, -0.25) is 4.79 Å². The number of allylic oxidation sites excluding steroid dienone is 1. The van der Waals surface area contributed by atoms with E-state index < -0.39 is 12.1 Å². The molecule has 0 aliphatic carbocycles. The molecule has 24 heavy (non-hydrogen) atoms. The number of nitrogens with one attached hydrogen (secondary N) is 1. The number of nitrogens with zero attached hydrogens (tertiary/aromatic N) is 1. The Bertz CT molecular complexity index is 599. The van der Waals surface area contributed by atoms with Crippen LogP contribution in [-0.2, 0) is 25.8 Å². The maximum absolute atomic E-state index is 11.6. The van der Waals surface area contributed by atoms with Gasteiger partial charge < -0.3 is 14.9 Å². The smallest absolute Gasteiger partial charge is 0.407 e. The van der Waals surface area contributed by atoms with Crippen molar-refractivity contribution in [3.05, 3.63) is 48.2 Å². The van der Waals surface area contributed by atoms with Crippen LogP contribution in [0.2, 0.25) is 0 Å². The predicted molar refractivity (Wildman–Crippen MR) is 85.2 cm³/mol. The van der Waals surface area contributed by atoms with Gasteiger partial charge in [0.1, 0.15) is 6.61 Å². The van der Waals surface area contributed by atoms with Crippen LogP contribution in [0.3, 0.4) is 0 Å². The van der Waals surface area contributed by atoms with E-state index in [0.717, 1.165) is 10.6 Å². The Morgan fingerprint density at radius 1 is 1.21 bits per heavy atom. The molecule has 0 bridgehead atoms. The average Bonchev–Trinajstić information content (AvgIpc) is 2.90. The SMILES string of the molecule is C=C1CCC(=O)N1OC(=O)CCCNC(=O)OCc1ccccc1. The first kappa shape index (κ1) is 17.5. The zero-order chi connectivity index (χ0) is 17.4. The molecule has 1 aliphatic heterocycles. The molecule has 7 heteroatoms. The highest BCUT2D eigenvalue weighted by Crippen LogP contribution is 2.21. The molecule has 2 amide bonds. The molecular formula is C17H20N2O5. The first-order valence-electron chi connectivity index (χ1n) is 7.72. The van der Waals surface area contributed by atoms with E-state index in [1.54, 1.807) is 0 Å². The normalized spacial score (nSPS) is 13.8. The van der Waals surface area contributed by atoms with Crippen molar-refractivity contribution < 1.29 is 24.0 Å². The van der Waals surface area contributed by atoms with Gasteiger partial charge in [0, 0.05) is 19.4 Å². The largest absolute Gasteiger partial charge is 0.445 e. The minimum atomic E-state index is -0.546. The summed E-state index contributed by atoms with van der Waals surface area (Å²) in [4.78, 5) is 39.5. The molecular weight excluding hydrogens is 312 g/mol. The molecule has 1 heterocycles. The van der Waals surface area contributed by atoms with Gasteiger partial charge in [-0.25, -0.2) is 9.59 Å². The lowest BCUT2D eigenvalue weighted by Gasteiger charge is -2.15. The van der Waals surface area contributed by atoms with Gasteiger partial charge in [-0.15, -0.1) is 5.06 Å². The summed E-state index contributed by atoms with van der Waals surface area (Å²) in [5.74, 6) is -0.804. The van der Waals surface area contributed by atoms with E-state index in [2.05, 4.69) is 11.9 Å². The van der Waals surface area contributed by atoms with E-state index in [0.29, 0.717) is 25.0 Å². The molecule has 1 aliphatic rings. The Morgan fingerprint density at radius 3 is 2.62 bits per heavy atom. The van der Waals surface area contributed by atoms with Crippen LogP contribution in [0.4, 0.5) is 4.79 Å². The standard InChI is InChI=1S/C17H20N2O5/c1-13-9-10-15(20)19(13)24-16(21)8-5-11-18-17(22)23-12-14-6-3-2-4-7-14/h2-4,6-7H,1,5,8-12H2,(H,18,22). The summed E-state index contributed by atoms with van der Waals surface area (Å²) in [6, 6.07) is 9.32. The number of alkyl carbamates (subject to hydrolysis) is 1. The molecule has 2 rings (SSSR count). The van der Waals surface area contributed by atoms with Gasteiger partial charge in [0.2, 0.25) is 0 Å². The number of hydroxylamine groups is 2. The molecule has 0 atom stereocenters. The van der Waals surface area contributed by atoms with Crippen molar-refractivity contribution in [3.63, 3.8) is 0 Å². The third-order valence-corrected chi connectivity index (χ3v) is 3.37. The van der Waals surface area contributed by atoms with Gasteiger partial charge in [-0.1, -0.05) is 36.9 Å². The van der Waals surface area contributed by atoms with E-state index in [1.165, 1.54) is 0 Å². The van der Waals surface area contributed by atoms with Crippen LogP contribution in [0, 0.1) is 0 Å². The van der Waals surface area contributed by atoms with Crippen molar-refractivity contribution in [2.45, 2.75) is 32.3 Å². The van der Waals surface area contributed by atoms with Gasteiger partial charge >= 0.3 is 12.1 Å². The van der Waals surface area contributed by atoms with Crippen molar-refractivity contribution in [2.24, 2.45) is 0 Å². The molecule has 1 aromatic carbocycles. The quantitative estimate of drug-likeness (QED) is 0.774. The van der Waals surface area contributed by atoms with Crippen LogP contribution < -0.4 is 5.32 Å². The van der Waals surface area contributed by atoms with Crippen LogP contribution in [0.25, 0.3) is 0 Å². The maximum Gasteiger partial charge on any atom is 0.407 e. The number of rotatable bonds is 7. The Hall–Kier alpha value is -2.83. The Kier molecular flexibility index (Phi) is 6.36. The third-order valence-electron chi connectivity index (χ3n) is 3.37. The number of hydrogen-bond donors (Lipinski definition) is 1. The fraction of sp³-hybridized carbons (Fsp3) is 0.353. The second kappa shape index (κ2) is 8.71. The van der Waals surface area contributed by atoms with Crippen molar-refractivity contribution in [1.82, 2.24) is 10.4 Å².